The van der Waals surface area contributed by atoms with E-state index in [0.717, 1.165) is 0 Å². The third-order valence-electron chi connectivity index (χ3n) is 5.71. The Morgan fingerprint density at radius 2 is 1.50 bits per heavy atom. The molecule has 0 aliphatic carbocycles. The minimum atomic E-state index is -1.95. The maximum absolute atomic E-state index is 11.7. The van der Waals surface area contributed by atoms with Crippen molar-refractivity contribution in [2.75, 3.05) is 6.61 Å². The van der Waals surface area contributed by atoms with Crippen LogP contribution in [0.3, 0.4) is 0 Å². The zero-order valence-corrected chi connectivity index (χ0v) is 19.1. The predicted molar refractivity (Wildman–Crippen MR) is 104 cm³/mol. The first-order chi connectivity index (χ1) is 10.6. The van der Waals surface area contributed by atoms with E-state index in [2.05, 4.69) is 67.7 Å². The number of carbonyl (C=O) groups excluding carboxylic acids is 1. The summed E-state index contributed by atoms with van der Waals surface area (Å²) in [5.74, 6) is -0.311. The highest BCUT2D eigenvalue weighted by Gasteiger charge is 2.43. The number of cyclic esters (lactones) is 1. The summed E-state index contributed by atoms with van der Waals surface area (Å²) in [6, 6.07) is 0. The lowest BCUT2D eigenvalue weighted by molar-refractivity contribution is -0.151. The Hall–Kier alpha value is -0.436. The van der Waals surface area contributed by atoms with Crippen molar-refractivity contribution in [1.29, 1.82) is 0 Å². The van der Waals surface area contributed by atoms with Crippen molar-refractivity contribution in [2.24, 2.45) is 0 Å². The van der Waals surface area contributed by atoms with Gasteiger partial charge in [0.05, 0.1) is 6.61 Å². The molecule has 0 saturated carbocycles. The highest BCUT2D eigenvalue weighted by Crippen LogP contribution is 2.39. The third-order valence-corrected chi connectivity index (χ3v) is 14.7. The highest BCUT2D eigenvalue weighted by molar-refractivity contribution is 6.74. The molecular formula is C18H36O4Si2. The highest BCUT2D eigenvalue weighted by atomic mass is 28.4. The van der Waals surface area contributed by atoms with E-state index in [1.54, 1.807) is 0 Å². The topological polar surface area (TPSA) is 44.8 Å². The van der Waals surface area contributed by atoms with Gasteiger partial charge in [-0.25, -0.2) is 4.79 Å². The second-order valence-corrected chi connectivity index (χ2v) is 19.3. The van der Waals surface area contributed by atoms with E-state index in [-0.39, 0.29) is 28.3 Å². The molecule has 24 heavy (non-hydrogen) atoms. The first kappa shape index (κ1) is 21.6. The number of rotatable bonds is 5. The van der Waals surface area contributed by atoms with Crippen molar-refractivity contribution in [2.45, 2.75) is 90.0 Å². The molecule has 1 aliphatic rings. The maximum Gasteiger partial charge on any atom is 0.330 e. The Labute approximate surface area is 150 Å². The van der Waals surface area contributed by atoms with Crippen molar-refractivity contribution in [3.05, 3.63) is 12.2 Å². The summed E-state index contributed by atoms with van der Waals surface area (Å²) in [6.45, 7) is 22.5. The Balaban J connectivity index is 2.87. The minimum absolute atomic E-state index is 0.104. The van der Waals surface area contributed by atoms with E-state index in [0.29, 0.717) is 6.61 Å². The molecule has 0 spiro atoms. The molecule has 2 atom stereocenters. The van der Waals surface area contributed by atoms with Crippen molar-refractivity contribution in [1.82, 2.24) is 0 Å². The van der Waals surface area contributed by atoms with Gasteiger partial charge in [0.15, 0.2) is 22.7 Å². The molecule has 0 saturated heterocycles. The molecule has 0 radical (unpaired) electrons. The predicted octanol–water partition coefficient (Wildman–Crippen LogP) is 4.88. The molecule has 0 fully saturated rings. The Morgan fingerprint density at radius 1 is 1.00 bits per heavy atom. The average Bonchev–Trinajstić information content (AvgIpc) is 2.36. The maximum atomic E-state index is 11.7. The quantitative estimate of drug-likeness (QED) is 0.509. The Bertz CT molecular complexity index is 484. The van der Waals surface area contributed by atoms with Crippen molar-refractivity contribution in [3.63, 3.8) is 0 Å². The Kier molecular flexibility index (Phi) is 6.35. The van der Waals surface area contributed by atoms with E-state index in [4.69, 9.17) is 13.6 Å². The van der Waals surface area contributed by atoms with Crippen molar-refractivity contribution < 1.29 is 18.4 Å². The van der Waals surface area contributed by atoms with Gasteiger partial charge >= 0.3 is 5.97 Å². The molecule has 0 aromatic rings. The molecule has 0 bridgehead atoms. The molecule has 1 rings (SSSR count). The summed E-state index contributed by atoms with van der Waals surface area (Å²) in [6.07, 6.45) is 2.71. The molecule has 4 nitrogen and oxygen atoms in total. The van der Waals surface area contributed by atoms with Crippen LogP contribution in [-0.2, 0) is 18.4 Å². The van der Waals surface area contributed by atoms with Crippen LogP contribution < -0.4 is 0 Å². The van der Waals surface area contributed by atoms with E-state index in [1.807, 2.05) is 6.08 Å². The van der Waals surface area contributed by atoms with Crippen LogP contribution in [0, 0.1) is 0 Å². The summed E-state index contributed by atoms with van der Waals surface area (Å²) in [4.78, 5) is 11.7. The van der Waals surface area contributed by atoms with Gasteiger partial charge in [-0.05, 0) is 42.3 Å². The zero-order valence-electron chi connectivity index (χ0n) is 17.1. The second-order valence-electron chi connectivity index (χ2n) is 9.75. The third kappa shape index (κ3) is 5.28. The van der Waals surface area contributed by atoms with Crippen LogP contribution in [-0.4, -0.2) is 41.4 Å². The first-order valence-corrected chi connectivity index (χ1v) is 14.6. The lowest BCUT2D eigenvalue weighted by Crippen LogP contribution is -2.51. The summed E-state index contributed by atoms with van der Waals surface area (Å²) >= 11 is 0. The van der Waals surface area contributed by atoms with Crippen LogP contribution in [0.2, 0.25) is 36.3 Å². The molecule has 0 N–H and O–H groups in total. The van der Waals surface area contributed by atoms with Crippen LogP contribution in [0.25, 0.3) is 0 Å². The van der Waals surface area contributed by atoms with Gasteiger partial charge in [-0.15, -0.1) is 0 Å². The van der Waals surface area contributed by atoms with Gasteiger partial charge < -0.3 is 13.6 Å². The SMILES string of the molecule is CC(C)(C)[Si](C)(C)OC[C@H]1OC(=O)C=C[C@@H]1O[Si](C)(C)C(C)(C)C. The Morgan fingerprint density at radius 3 is 1.96 bits per heavy atom. The van der Waals surface area contributed by atoms with E-state index in [9.17, 15) is 4.79 Å². The van der Waals surface area contributed by atoms with Crippen LogP contribution in [0.15, 0.2) is 12.2 Å². The smallest absolute Gasteiger partial charge is 0.330 e. The number of ether oxygens (including phenoxy) is 1. The first-order valence-electron chi connectivity index (χ1n) is 8.77. The zero-order chi connectivity index (χ0) is 19.0. The van der Waals surface area contributed by atoms with Crippen molar-refractivity contribution >= 4 is 22.6 Å². The summed E-state index contributed by atoms with van der Waals surface area (Å²) in [7, 11) is -3.85. The van der Waals surface area contributed by atoms with Crippen LogP contribution >= 0.6 is 0 Å². The fourth-order valence-electron chi connectivity index (χ4n) is 1.82. The molecule has 1 heterocycles. The van der Waals surface area contributed by atoms with Gasteiger partial charge in [-0.1, -0.05) is 41.5 Å². The lowest BCUT2D eigenvalue weighted by Gasteiger charge is -2.42. The number of hydrogen-bond donors (Lipinski definition) is 0. The molecule has 0 unspecified atom stereocenters. The fraction of sp³-hybridized carbons (Fsp3) is 0.833. The van der Waals surface area contributed by atoms with Crippen molar-refractivity contribution in [3.8, 4) is 0 Å². The molecule has 6 heteroatoms. The van der Waals surface area contributed by atoms with Gasteiger partial charge in [0.2, 0.25) is 0 Å². The molecule has 0 aromatic heterocycles. The lowest BCUT2D eigenvalue weighted by atomic mass is 10.1. The summed E-state index contributed by atoms with van der Waals surface area (Å²) in [5, 5.41) is 0.227. The second kappa shape index (κ2) is 7.06. The molecule has 0 amide bonds. The van der Waals surface area contributed by atoms with Crippen LogP contribution in [0.1, 0.15) is 41.5 Å². The largest absolute Gasteiger partial charge is 0.454 e. The van der Waals surface area contributed by atoms with Gasteiger partial charge in [-0.2, -0.15) is 0 Å². The average molecular weight is 373 g/mol. The monoisotopic (exact) mass is 372 g/mol. The van der Waals surface area contributed by atoms with Gasteiger partial charge in [0.1, 0.15) is 6.10 Å². The molecule has 1 aliphatic heterocycles. The summed E-state index contributed by atoms with van der Waals surface area (Å²) < 4.78 is 18.3. The number of esters is 1. The molecule has 140 valence electrons. The van der Waals surface area contributed by atoms with Gasteiger partial charge in [0.25, 0.3) is 0 Å². The fourth-order valence-corrected chi connectivity index (χ4v) is 4.10. The van der Waals surface area contributed by atoms with Crippen LogP contribution in [0.4, 0.5) is 0 Å². The van der Waals surface area contributed by atoms with E-state index < -0.39 is 16.6 Å². The van der Waals surface area contributed by atoms with Gasteiger partial charge in [0, 0.05) is 6.08 Å². The number of hydrogen-bond acceptors (Lipinski definition) is 4. The van der Waals surface area contributed by atoms with Gasteiger partial charge in [-0.3, -0.25) is 0 Å². The molecule has 0 aromatic carbocycles. The van der Waals surface area contributed by atoms with E-state index >= 15 is 0 Å². The molecular weight excluding hydrogens is 336 g/mol. The number of carbonyl (C=O) groups is 1. The standard InChI is InChI=1S/C18H36O4Si2/c1-17(2,3)23(7,8)20-13-15-14(11-12-16(19)21-15)22-24(9,10)18(4,5)6/h11-12,14-15H,13H2,1-10H3/t14-,15+/m0/s1. The van der Waals surface area contributed by atoms with E-state index in [1.165, 1.54) is 6.08 Å². The minimum Gasteiger partial charge on any atom is -0.454 e. The van der Waals surface area contributed by atoms with Crippen LogP contribution in [0.5, 0.6) is 0 Å². The normalized spacial score (nSPS) is 23.3. The summed E-state index contributed by atoms with van der Waals surface area (Å²) in [5.41, 5.74) is 0.